The maximum absolute atomic E-state index is 13.9. The first-order chi connectivity index (χ1) is 25.6. The van der Waals surface area contributed by atoms with Crippen LogP contribution in [0.2, 0.25) is 0 Å². The van der Waals surface area contributed by atoms with E-state index < -0.39 is 12.1 Å². The van der Waals surface area contributed by atoms with E-state index in [2.05, 4.69) is 76.6 Å². The predicted octanol–water partition coefficient (Wildman–Crippen LogP) is 6.99. The Hall–Kier alpha value is -4.94. The SMILES string of the molecule is CCC(C)C(NC(=O)OC)C(=O)N1CC(C)CC1c1ncc(-c2ccc3c(c2)COc2cc4c(ccc5[nH]c(C6CC(COC)CN6C)nc54)cc2-3)[nH]1. The minimum absolute atomic E-state index is 0.0518. The zero-order chi connectivity index (χ0) is 37.0. The monoisotopic (exact) mass is 719 g/mol. The van der Waals surface area contributed by atoms with Gasteiger partial charge in [0.15, 0.2) is 0 Å². The number of hydrogen-bond acceptors (Lipinski definition) is 8. The Bertz CT molecular complexity index is 2180. The van der Waals surface area contributed by atoms with Crippen LogP contribution in [0, 0.1) is 17.8 Å². The number of amides is 2. The molecule has 0 bridgehead atoms. The van der Waals surface area contributed by atoms with Crippen molar-refractivity contribution in [3.8, 4) is 28.1 Å². The zero-order valence-corrected chi connectivity index (χ0v) is 31.4. The summed E-state index contributed by atoms with van der Waals surface area (Å²) >= 11 is 0. The summed E-state index contributed by atoms with van der Waals surface area (Å²) in [6.45, 7) is 8.93. The first-order valence-electron chi connectivity index (χ1n) is 18.8. The number of fused-ring (bicyclic) bond motifs is 6. The highest BCUT2D eigenvalue weighted by atomic mass is 16.5. The number of aromatic amines is 2. The molecule has 278 valence electrons. The predicted molar refractivity (Wildman–Crippen MR) is 203 cm³/mol. The molecule has 2 fully saturated rings. The molecule has 3 aromatic carbocycles. The van der Waals surface area contributed by atoms with Crippen LogP contribution in [0.1, 0.15) is 69.3 Å². The van der Waals surface area contributed by atoms with Crippen LogP contribution in [-0.2, 0) is 20.9 Å². The third kappa shape index (κ3) is 6.41. The molecule has 2 aromatic heterocycles. The number of imidazole rings is 2. The molecule has 5 heterocycles. The third-order valence-electron chi connectivity index (χ3n) is 11.7. The molecule has 53 heavy (non-hydrogen) atoms. The molecule has 6 atom stereocenters. The van der Waals surface area contributed by atoms with Crippen LogP contribution in [0.3, 0.4) is 0 Å². The van der Waals surface area contributed by atoms with Crippen LogP contribution in [0.5, 0.6) is 5.75 Å². The minimum atomic E-state index is -0.675. The quantitative estimate of drug-likeness (QED) is 0.148. The zero-order valence-electron chi connectivity index (χ0n) is 31.4. The van der Waals surface area contributed by atoms with Gasteiger partial charge in [-0.05, 0) is 84.0 Å². The molecule has 5 aromatic rings. The van der Waals surface area contributed by atoms with Crippen LogP contribution >= 0.6 is 0 Å². The maximum atomic E-state index is 13.9. The van der Waals surface area contributed by atoms with Crippen LogP contribution in [0.25, 0.3) is 44.2 Å². The minimum Gasteiger partial charge on any atom is -0.488 e. The standard InChI is InChI=1S/C41H49N7O5/c1-7-23(3)36(46-41(50)52-6)40(49)48-18-22(2)12-34(48)38-42-17-32(44-38)26-8-10-28-27(14-26)21-53-35-16-29-25(15-30(28)35)9-11-31-37(29)45-39(43-31)33-13-24(20-51-5)19-47(33)4/h8-11,14-17,22-24,33-34,36H,7,12-13,18-21H2,1-6H3,(H,42,44)(H,43,45)(H,46,50). The molecule has 12 heteroatoms. The molecule has 3 aliphatic heterocycles. The van der Waals surface area contributed by atoms with Gasteiger partial charge in [0.05, 0.1) is 48.7 Å². The Morgan fingerprint density at radius 1 is 1.04 bits per heavy atom. The maximum Gasteiger partial charge on any atom is 0.407 e. The van der Waals surface area contributed by atoms with Crippen LogP contribution < -0.4 is 10.1 Å². The summed E-state index contributed by atoms with van der Waals surface area (Å²) in [6.07, 6.45) is 3.79. The number of hydrogen-bond donors (Lipinski definition) is 3. The summed E-state index contributed by atoms with van der Waals surface area (Å²) in [5.74, 6) is 3.23. The number of carbonyl (C=O) groups excluding carboxylic acids is 2. The van der Waals surface area contributed by atoms with Gasteiger partial charge in [0.25, 0.3) is 0 Å². The van der Waals surface area contributed by atoms with Gasteiger partial charge in [-0.2, -0.15) is 0 Å². The fourth-order valence-electron chi connectivity index (χ4n) is 8.66. The number of likely N-dealkylation sites (tertiary alicyclic amines) is 2. The van der Waals surface area contributed by atoms with Crippen molar-refractivity contribution in [1.29, 1.82) is 0 Å². The van der Waals surface area contributed by atoms with Crippen molar-refractivity contribution in [3.63, 3.8) is 0 Å². The number of aromatic nitrogens is 4. The Balaban J connectivity index is 1.05. The van der Waals surface area contributed by atoms with Crippen molar-refractivity contribution in [3.05, 3.63) is 65.9 Å². The highest BCUT2D eigenvalue weighted by molar-refractivity contribution is 6.07. The fourth-order valence-corrected chi connectivity index (χ4v) is 8.66. The molecule has 8 rings (SSSR count). The molecular formula is C41H49N7O5. The van der Waals surface area contributed by atoms with Crippen molar-refractivity contribution < 1.29 is 23.8 Å². The summed E-state index contributed by atoms with van der Waals surface area (Å²) in [5, 5.41) is 4.97. The van der Waals surface area contributed by atoms with Crippen LogP contribution in [0.15, 0.2) is 48.7 Å². The number of ether oxygens (including phenoxy) is 3. The number of nitrogens with one attached hydrogen (secondary N) is 3. The number of nitrogens with zero attached hydrogens (tertiary/aromatic N) is 4. The second-order valence-corrected chi connectivity index (χ2v) is 15.4. The van der Waals surface area contributed by atoms with E-state index in [-0.39, 0.29) is 23.9 Å². The number of alkyl carbamates (subject to hydrolysis) is 1. The first-order valence-corrected chi connectivity index (χ1v) is 18.8. The van der Waals surface area contributed by atoms with Gasteiger partial charge in [-0.1, -0.05) is 45.4 Å². The van der Waals surface area contributed by atoms with Crippen molar-refractivity contribution >= 4 is 33.8 Å². The highest BCUT2D eigenvalue weighted by Gasteiger charge is 2.40. The van der Waals surface area contributed by atoms with Gasteiger partial charge in [0.1, 0.15) is 30.0 Å². The van der Waals surface area contributed by atoms with Crippen molar-refractivity contribution in [2.45, 2.75) is 64.8 Å². The Labute approximate surface area is 309 Å². The Kier molecular flexibility index (Phi) is 9.36. The molecule has 2 amide bonds. The first kappa shape index (κ1) is 35.1. The lowest BCUT2D eigenvalue weighted by atomic mass is 9.92. The van der Waals surface area contributed by atoms with Gasteiger partial charge in [0, 0.05) is 31.1 Å². The fraction of sp³-hybridized carbons (Fsp3) is 0.463. The van der Waals surface area contributed by atoms with Gasteiger partial charge in [-0.15, -0.1) is 0 Å². The van der Waals surface area contributed by atoms with E-state index in [1.807, 2.05) is 24.9 Å². The number of benzene rings is 3. The number of H-pyrrole nitrogens is 2. The van der Waals surface area contributed by atoms with Gasteiger partial charge >= 0.3 is 6.09 Å². The Morgan fingerprint density at radius 2 is 1.89 bits per heavy atom. The second-order valence-electron chi connectivity index (χ2n) is 15.4. The largest absolute Gasteiger partial charge is 0.488 e. The topological polar surface area (TPSA) is 138 Å². The van der Waals surface area contributed by atoms with E-state index in [1.54, 1.807) is 7.11 Å². The number of rotatable bonds is 9. The third-order valence-corrected chi connectivity index (χ3v) is 11.7. The van der Waals surface area contributed by atoms with Crippen molar-refractivity contribution in [2.24, 2.45) is 17.8 Å². The Morgan fingerprint density at radius 3 is 2.68 bits per heavy atom. The molecule has 12 nitrogen and oxygen atoms in total. The lowest BCUT2D eigenvalue weighted by Gasteiger charge is -2.30. The van der Waals surface area contributed by atoms with Crippen molar-refractivity contribution in [2.75, 3.05) is 41.0 Å². The van der Waals surface area contributed by atoms with Crippen molar-refractivity contribution in [1.82, 2.24) is 35.1 Å². The highest BCUT2D eigenvalue weighted by Crippen LogP contribution is 2.43. The molecule has 0 aliphatic carbocycles. The lowest BCUT2D eigenvalue weighted by molar-refractivity contribution is -0.135. The summed E-state index contributed by atoms with van der Waals surface area (Å²) < 4.78 is 16.7. The number of methoxy groups -OCH3 is 2. The molecule has 3 aliphatic rings. The summed E-state index contributed by atoms with van der Waals surface area (Å²) in [6, 6.07) is 14.4. The van der Waals surface area contributed by atoms with E-state index in [9.17, 15) is 9.59 Å². The molecule has 3 N–H and O–H groups in total. The molecule has 0 saturated carbocycles. The van der Waals surface area contributed by atoms with Gasteiger partial charge in [0.2, 0.25) is 5.91 Å². The molecular weight excluding hydrogens is 670 g/mol. The van der Waals surface area contributed by atoms with E-state index in [0.29, 0.717) is 25.0 Å². The van der Waals surface area contributed by atoms with Gasteiger partial charge in [-0.3, -0.25) is 9.69 Å². The normalized spacial score (nSPS) is 22.4. The van der Waals surface area contributed by atoms with E-state index in [1.165, 1.54) is 7.11 Å². The smallest absolute Gasteiger partial charge is 0.407 e. The number of carbonyl (C=O) groups is 2. The van der Waals surface area contributed by atoms with E-state index in [4.69, 9.17) is 24.2 Å². The molecule has 2 saturated heterocycles. The summed E-state index contributed by atoms with van der Waals surface area (Å²) in [4.78, 5) is 47.4. The van der Waals surface area contributed by atoms with Gasteiger partial charge < -0.3 is 34.4 Å². The lowest BCUT2D eigenvalue weighted by Crippen LogP contribution is -2.51. The average Bonchev–Trinajstić information content (AvgIpc) is 3.98. The summed E-state index contributed by atoms with van der Waals surface area (Å²) in [7, 11) is 5.24. The van der Waals surface area contributed by atoms with Gasteiger partial charge in [-0.25, -0.2) is 14.8 Å². The molecule has 6 unspecified atom stereocenters. The van der Waals surface area contributed by atoms with E-state index in [0.717, 1.165) is 99.6 Å². The van der Waals surface area contributed by atoms with E-state index >= 15 is 0 Å². The summed E-state index contributed by atoms with van der Waals surface area (Å²) in [5.41, 5.74) is 7.18. The van der Waals surface area contributed by atoms with Crippen LogP contribution in [-0.4, -0.2) is 88.7 Å². The average molecular weight is 720 g/mol. The second kappa shape index (κ2) is 14.1. The van der Waals surface area contributed by atoms with Crippen LogP contribution in [0.4, 0.5) is 4.79 Å². The molecule has 0 radical (unpaired) electrons. The molecule has 0 spiro atoms.